The van der Waals surface area contributed by atoms with Crippen LogP contribution in [0, 0.1) is 0 Å². The second-order valence-electron chi connectivity index (χ2n) is 8.59. The van der Waals surface area contributed by atoms with Gasteiger partial charge < -0.3 is 19.7 Å². The van der Waals surface area contributed by atoms with E-state index in [1.807, 2.05) is 13.0 Å². The van der Waals surface area contributed by atoms with Gasteiger partial charge >= 0.3 is 0 Å². The van der Waals surface area contributed by atoms with Crippen LogP contribution in [0.15, 0.2) is 42.5 Å². The van der Waals surface area contributed by atoms with Crippen molar-refractivity contribution in [3.63, 3.8) is 0 Å². The standard InChI is InChI=1S/C25H32ClN3O6S/c1-4-12-27-25(31)18(2)28(16-19-7-5-8-20(26)14-19)24(30)9-6-13-29(36(3,32)33)21-10-11-22-23(15-21)35-17-34-22/h5,7-8,10-11,14-15,18H,4,6,9,12-13,16-17H2,1-3H3,(H,27,31)/t18-/m0/s1. The minimum atomic E-state index is -3.61. The van der Waals surface area contributed by atoms with E-state index in [2.05, 4.69) is 5.32 Å². The maximum atomic E-state index is 13.3. The number of nitrogens with zero attached hydrogens (tertiary/aromatic N) is 2. The van der Waals surface area contributed by atoms with Gasteiger partial charge in [-0.15, -0.1) is 0 Å². The number of anilines is 1. The van der Waals surface area contributed by atoms with E-state index >= 15 is 0 Å². The van der Waals surface area contributed by atoms with Crippen molar-refractivity contribution < 1.29 is 27.5 Å². The monoisotopic (exact) mass is 537 g/mol. The van der Waals surface area contributed by atoms with Crippen molar-refractivity contribution in [3.8, 4) is 11.5 Å². The van der Waals surface area contributed by atoms with Crippen LogP contribution in [0.3, 0.4) is 0 Å². The lowest BCUT2D eigenvalue weighted by Crippen LogP contribution is -2.47. The Hall–Kier alpha value is -2.98. The van der Waals surface area contributed by atoms with E-state index in [4.69, 9.17) is 21.1 Å². The lowest BCUT2D eigenvalue weighted by atomic mass is 10.1. The van der Waals surface area contributed by atoms with Gasteiger partial charge in [0.1, 0.15) is 6.04 Å². The van der Waals surface area contributed by atoms with Crippen molar-refractivity contribution in [2.45, 2.75) is 45.7 Å². The Labute approximate surface area is 217 Å². The second kappa shape index (κ2) is 12.3. The quantitative estimate of drug-likeness (QED) is 0.444. The van der Waals surface area contributed by atoms with Crippen LogP contribution in [-0.4, -0.2) is 57.3 Å². The first-order valence-corrected chi connectivity index (χ1v) is 14.0. The molecule has 2 aromatic carbocycles. The number of benzene rings is 2. The molecule has 1 aliphatic rings. The highest BCUT2D eigenvalue weighted by molar-refractivity contribution is 7.92. The van der Waals surface area contributed by atoms with Crippen molar-refractivity contribution in [3.05, 3.63) is 53.1 Å². The summed E-state index contributed by atoms with van der Waals surface area (Å²) in [6, 6.07) is 11.3. The molecule has 2 aromatic rings. The third-order valence-electron chi connectivity index (χ3n) is 5.75. The maximum Gasteiger partial charge on any atom is 0.242 e. The molecule has 0 saturated heterocycles. The van der Waals surface area contributed by atoms with E-state index in [9.17, 15) is 18.0 Å². The summed E-state index contributed by atoms with van der Waals surface area (Å²) in [5.74, 6) is 0.518. The molecule has 0 bridgehead atoms. The lowest BCUT2D eigenvalue weighted by Gasteiger charge is -2.29. The number of hydrogen-bond acceptors (Lipinski definition) is 6. The number of halogens is 1. The van der Waals surface area contributed by atoms with Crippen LogP contribution in [0.2, 0.25) is 5.02 Å². The summed E-state index contributed by atoms with van der Waals surface area (Å²) in [4.78, 5) is 27.4. The second-order valence-corrected chi connectivity index (χ2v) is 10.9. The molecule has 1 atom stereocenters. The molecular weight excluding hydrogens is 506 g/mol. The van der Waals surface area contributed by atoms with Gasteiger partial charge in [0.15, 0.2) is 11.5 Å². The van der Waals surface area contributed by atoms with Gasteiger partial charge in [0.2, 0.25) is 28.6 Å². The fourth-order valence-corrected chi connectivity index (χ4v) is 5.02. The minimum Gasteiger partial charge on any atom is -0.454 e. The molecule has 9 nitrogen and oxygen atoms in total. The summed E-state index contributed by atoms with van der Waals surface area (Å²) in [6.07, 6.45) is 2.21. The van der Waals surface area contributed by atoms with Gasteiger partial charge in [0.25, 0.3) is 0 Å². The fourth-order valence-electron chi connectivity index (χ4n) is 3.85. The molecule has 0 spiro atoms. The van der Waals surface area contributed by atoms with Crippen LogP contribution in [0.25, 0.3) is 0 Å². The number of sulfonamides is 1. The van der Waals surface area contributed by atoms with E-state index in [1.54, 1.807) is 43.3 Å². The van der Waals surface area contributed by atoms with Crippen LogP contribution in [0.1, 0.15) is 38.7 Å². The highest BCUT2D eigenvalue weighted by atomic mass is 35.5. The molecule has 196 valence electrons. The molecule has 36 heavy (non-hydrogen) atoms. The SMILES string of the molecule is CCCNC(=O)[C@H](C)N(Cc1cccc(Cl)c1)C(=O)CCCN(c1ccc2c(c1)OCO2)S(C)(=O)=O. The predicted octanol–water partition coefficient (Wildman–Crippen LogP) is 3.56. The van der Waals surface area contributed by atoms with Crippen molar-refractivity contribution >= 4 is 39.1 Å². The first kappa shape index (κ1) is 27.6. The molecule has 0 saturated carbocycles. The molecule has 0 radical (unpaired) electrons. The first-order chi connectivity index (χ1) is 17.1. The molecule has 1 heterocycles. The molecule has 1 aliphatic heterocycles. The zero-order valence-corrected chi connectivity index (χ0v) is 22.3. The zero-order chi connectivity index (χ0) is 26.3. The number of ether oxygens (including phenoxy) is 2. The third-order valence-corrected chi connectivity index (χ3v) is 7.18. The topological polar surface area (TPSA) is 105 Å². The number of rotatable bonds is 12. The minimum absolute atomic E-state index is 0.0581. The molecule has 11 heteroatoms. The number of carbonyl (C=O) groups excluding carboxylic acids is 2. The number of carbonyl (C=O) groups is 2. The zero-order valence-electron chi connectivity index (χ0n) is 20.7. The van der Waals surface area contributed by atoms with Gasteiger partial charge in [-0.3, -0.25) is 13.9 Å². The predicted molar refractivity (Wildman–Crippen MR) is 139 cm³/mol. The van der Waals surface area contributed by atoms with Crippen molar-refractivity contribution in [2.24, 2.45) is 0 Å². The van der Waals surface area contributed by atoms with Crippen LogP contribution < -0.4 is 19.1 Å². The largest absolute Gasteiger partial charge is 0.454 e. The Morgan fingerprint density at radius 1 is 1.14 bits per heavy atom. The van der Waals surface area contributed by atoms with Crippen LogP contribution >= 0.6 is 11.6 Å². The third kappa shape index (κ3) is 7.27. The maximum absolute atomic E-state index is 13.3. The number of nitrogens with one attached hydrogen (secondary N) is 1. The van der Waals surface area contributed by atoms with Gasteiger partial charge in [-0.05, 0) is 49.6 Å². The molecule has 0 unspecified atom stereocenters. The highest BCUT2D eigenvalue weighted by Crippen LogP contribution is 2.36. The molecule has 1 N–H and O–H groups in total. The Morgan fingerprint density at radius 3 is 2.58 bits per heavy atom. The molecule has 0 aromatic heterocycles. The number of amides is 2. The summed E-state index contributed by atoms with van der Waals surface area (Å²) in [6.45, 7) is 4.53. The van der Waals surface area contributed by atoms with E-state index in [1.165, 1.54) is 9.21 Å². The van der Waals surface area contributed by atoms with Crippen LogP contribution in [-0.2, 0) is 26.2 Å². The first-order valence-electron chi connectivity index (χ1n) is 11.8. The molecule has 0 aliphatic carbocycles. The van der Waals surface area contributed by atoms with Crippen molar-refractivity contribution in [1.29, 1.82) is 0 Å². The summed E-state index contributed by atoms with van der Waals surface area (Å²) in [5.41, 5.74) is 1.22. The summed E-state index contributed by atoms with van der Waals surface area (Å²) in [5, 5.41) is 3.37. The smallest absolute Gasteiger partial charge is 0.242 e. The van der Waals surface area contributed by atoms with Gasteiger partial charge in [0.05, 0.1) is 11.9 Å². The molecule has 0 fully saturated rings. The molecular formula is C25H32ClN3O6S. The number of fused-ring (bicyclic) bond motifs is 1. The van der Waals surface area contributed by atoms with Gasteiger partial charge in [-0.2, -0.15) is 0 Å². The van der Waals surface area contributed by atoms with E-state index < -0.39 is 16.1 Å². The van der Waals surface area contributed by atoms with Crippen LogP contribution in [0.4, 0.5) is 5.69 Å². The van der Waals surface area contributed by atoms with Crippen LogP contribution in [0.5, 0.6) is 11.5 Å². The summed E-state index contributed by atoms with van der Waals surface area (Å²) < 4.78 is 36.9. The Kier molecular flexibility index (Phi) is 9.44. The van der Waals surface area contributed by atoms with Crippen molar-refractivity contribution in [1.82, 2.24) is 10.2 Å². The number of hydrogen-bond donors (Lipinski definition) is 1. The average molecular weight is 538 g/mol. The van der Waals surface area contributed by atoms with E-state index in [0.29, 0.717) is 28.8 Å². The summed E-state index contributed by atoms with van der Waals surface area (Å²) >= 11 is 6.11. The average Bonchev–Trinajstić information content (AvgIpc) is 3.30. The molecule has 3 rings (SSSR count). The van der Waals surface area contributed by atoms with Crippen molar-refractivity contribution in [2.75, 3.05) is 30.4 Å². The highest BCUT2D eigenvalue weighted by Gasteiger charge is 2.27. The Balaban J connectivity index is 1.72. The van der Waals surface area contributed by atoms with Gasteiger partial charge in [-0.25, -0.2) is 8.42 Å². The summed E-state index contributed by atoms with van der Waals surface area (Å²) in [7, 11) is -3.61. The van der Waals surface area contributed by atoms with Gasteiger partial charge in [0, 0.05) is 37.1 Å². The van der Waals surface area contributed by atoms with Gasteiger partial charge in [-0.1, -0.05) is 30.7 Å². The van der Waals surface area contributed by atoms with E-state index in [-0.39, 0.29) is 44.5 Å². The normalized spacial score (nSPS) is 13.2. The Morgan fingerprint density at radius 2 is 1.89 bits per heavy atom. The fraction of sp³-hybridized carbons (Fsp3) is 0.440. The van der Waals surface area contributed by atoms with E-state index in [0.717, 1.165) is 18.2 Å². The lowest BCUT2D eigenvalue weighted by molar-refractivity contribution is -0.140. The Bertz CT molecular complexity index is 1190. The molecule has 2 amide bonds.